The third-order valence-corrected chi connectivity index (χ3v) is 4.67. The Bertz CT molecular complexity index is 796. The molecule has 0 amide bonds. The Morgan fingerprint density at radius 3 is 2.96 bits per heavy atom. The summed E-state index contributed by atoms with van der Waals surface area (Å²) in [5, 5.41) is 16.9. The zero-order chi connectivity index (χ0) is 18.0. The highest BCUT2D eigenvalue weighted by molar-refractivity contribution is 7.09. The first-order chi connectivity index (χ1) is 12.8. The molecule has 0 aliphatic heterocycles. The minimum Gasteiger partial charge on any atom is -0.355 e. The van der Waals surface area contributed by atoms with Crippen molar-refractivity contribution in [2.75, 3.05) is 6.54 Å². The second-order valence-corrected chi connectivity index (χ2v) is 6.67. The average molecular weight is 369 g/mol. The minimum atomic E-state index is 0.535. The van der Waals surface area contributed by atoms with Crippen molar-refractivity contribution in [2.45, 2.75) is 33.0 Å². The number of aromatic nitrogens is 4. The highest BCUT2D eigenvalue weighted by atomic mass is 32.1. The van der Waals surface area contributed by atoms with Crippen LogP contribution in [-0.4, -0.2) is 32.3 Å². The van der Waals surface area contributed by atoms with Crippen LogP contribution in [0.15, 0.2) is 53.2 Å². The average Bonchev–Trinajstić information content (AvgIpc) is 3.36. The predicted octanol–water partition coefficient (Wildman–Crippen LogP) is 2.23. The van der Waals surface area contributed by atoms with E-state index in [-0.39, 0.29) is 0 Å². The van der Waals surface area contributed by atoms with Gasteiger partial charge < -0.3 is 15.2 Å². The van der Waals surface area contributed by atoms with Crippen LogP contribution < -0.4 is 10.6 Å². The molecule has 136 valence electrons. The van der Waals surface area contributed by atoms with Gasteiger partial charge in [0.1, 0.15) is 12.2 Å². The number of hydrogen-bond donors (Lipinski definition) is 2. The van der Waals surface area contributed by atoms with E-state index < -0.39 is 0 Å². The molecule has 0 bridgehead atoms. The molecule has 2 N–H and O–H groups in total. The number of pyridine rings is 1. The summed E-state index contributed by atoms with van der Waals surface area (Å²) in [6.45, 7) is 4.89. The van der Waals surface area contributed by atoms with Gasteiger partial charge in [-0.1, -0.05) is 19.1 Å². The van der Waals surface area contributed by atoms with Gasteiger partial charge in [-0.05, 0) is 23.6 Å². The number of aryl methyl sites for hydroxylation is 1. The minimum absolute atomic E-state index is 0.535. The molecule has 0 aliphatic carbocycles. The molecule has 3 aromatic rings. The number of guanidine groups is 1. The normalized spacial score (nSPS) is 11.5. The molecule has 3 heterocycles. The number of nitrogens with zero attached hydrogens (tertiary/aromatic N) is 5. The van der Waals surface area contributed by atoms with Crippen LogP contribution >= 0.6 is 11.3 Å². The van der Waals surface area contributed by atoms with Gasteiger partial charge in [0, 0.05) is 30.6 Å². The van der Waals surface area contributed by atoms with E-state index in [2.05, 4.69) is 59.8 Å². The van der Waals surface area contributed by atoms with Gasteiger partial charge in [-0.2, -0.15) is 0 Å². The standard InChI is InChI=1S/C18H23N7S/c1-2-17-24-23-14-25(17)10-9-20-18(22-13-16-7-5-11-26-16)21-12-15-6-3-4-8-19-15/h3-8,11,14H,2,9-10,12-13H2,1H3,(H2,20,21,22). The number of nitrogens with one attached hydrogen (secondary N) is 2. The lowest BCUT2D eigenvalue weighted by Gasteiger charge is -2.13. The number of rotatable bonds is 8. The summed E-state index contributed by atoms with van der Waals surface area (Å²) in [5.74, 6) is 1.76. The van der Waals surface area contributed by atoms with Gasteiger partial charge in [0.15, 0.2) is 5.96 Å². The molecule has 0 saturated heterocycles. The van der Waals surface area contributed by atoms with Gasteiger partial charge >= 0.3 is 0 Å². The van der Waals surface area contributed by atoms with E-state index in [4.69, 9.17) is 0 Å². The molecule has 0 fully saturated rings. The zero-order valence-electron chi connectivity index (χ0n) is 14.8. The van der Waals surface area contributed by atoms with Gasteiger partial charge in [-0.15, -0.1) is 21.5 Å². The van der Waals surface area contributed by atoms with E-state index in [1.165, 1.54) is 4.88 Å². The summed E-state index contributed by atoms with van der Waals surface area (Å²) in [4.78, 5) is 10.2. The SMILES string of the molecule is CCc1nncn1CCNC(=NCc1ccccn1)NCc1cccs1. The second-order valence-electron chi connectivity index (χ2n) is 5.64. The molecular formula is C18H23N7S. The van der Waals surface area contributed by atoms with Gasteiger partial charge in [-0.3, -0.25) is 4.98 Å². The van der Waals surface area contributed by atoms with Crippen LogP contribution in [0.2, 0.25) is 0 Å². The maximum atomic E-state index is 4.65. The summed E-state index contributed by atoms with van der Waals surface area (Å²) in [6, 6.07) is 10.0. The molecule has 8 heteroatoms. The summed E-state index contributed by atoms with van der Waals surface area (Å²) >= 11 is 1.73. The fraction of sp³-hybridized carbons (Fsp3) is 0.333. The number of aliphatic imine (C=N–C) groups is 1. The van der Waals surface area contributed by atoms with Gasteiger partial charge in [0.2, 0.25) is 0 Å². The van der Waals surface area contributed by atoms with Crippen molar-refractivity contribution < 1.29 is 0 Å². The van der Waals surface area contributed by atoms with E-state index >= 15 is 0 Å². The van der Waals surface area contributed by atoms with Crippen molar-refractivity contribution in [1.82, 2.24) is 30.4 Å². The predicted molar refractivity (Wildman–Crippen MR) is 104 cm³/mol. The molecule has 7 nitrogen and oxygen atoms in total. The van der Waals surface area contributed by atoms with Crippen molar-refractivity contribution >= 4 is 17.3 Å². The van der Waals surface area contributed by atoms with Crippen LogP contribution in [0, 0.1) is 0 Å². The topological polar surface area (TPSA) is 80.0 Å². The fourth-order valence-corrected chi connectivity index (χ4v) is 3.09. The summed E-state index contributed by atoms with van der Waals surface area (Å²) < 4.78 is 2.06. The van der Waals surface area contributed by atoms with Gasteiger partial charge in [-0.25, -0.2) is 4.99 Å². The molecule has 0 atom stereocenters. The quantitative estimate of drug-likeness (QED) is 0.470. The molecular weight excluding hydrogens is 346 g/mol. The van der Waals surface area contributed by atoms with Crippen molar-refractivity contribution in [3.63, 3.8) is 0 Å². The van der Waals surface area contributed by atoms with E-state index in [0.29, 0.717) is 6.54 Å². The first kappa shape index (κ1) is 18.1. The molecule has 0 radical (unpaired) electrons. The zero-order valence-corrected chi connectivity index (χ0v) is 15.6. The van der Waals surface area contributed by atoms with Crippen molar-refractivity contribution in [1.29, 1.82) is 0 Å². The van der Waals surface area contributed by atoms with Gasteiger partial charge in [0.05, 0.1) is 18.8 Å². The smallest absolute Gasteiger partial charge is 0.192 e. The Kier molecular flexibility index (Phi) is 6.72. The molecule has 3 rings (SSSR count). The molecule has 0 spiro atoms. The van der Waals surface area contributed by atoms with E-state index in [1.54, 1.807) is 23.9 Å². The number of thiophene rings is 1. The third-order valence-electron chi connectivity index (χ3n) is 3.79. The molecule has 0 unspecified atom stereocenters. The van der Waals surface area contributed by atoms with Crippen LogP contribution in [0.4, 0.5) is 0 Å². The maximum Gasteiger partial charge on any atom is 0.192 e. The van der Waals surface area contributed by atoms with Crippen LogP contribution in [0.25, 0.3) is 0 Å². The lowest BCUT2D eigenvalue weighted by atomic mass is 10.3. The monoisotopic (exact) mass is 369 g/mol. The van der Waals surface area contributed by atoms with Crippen LogP contribution in [0.1, 0.15) is 23.3 Å². The van der Waals surface area contributed by atoms with E-state index in [1.807, 2.05) is 18.2 Å². The molecule has 0 aromatic carbocycles. The van der Waals surface area contributed by atoms with Crippen molar-refractivity contribution in [2.24, 2.45) is 4.99 Å². The highest BCUT2D eigenvalue weighted by Crippen LogP contribution is 2.07. The van der Waals surface area contributed by atoms with E-state index in [9.17, 15) is 0 Å². The van der Waals surface area contributed by atoms with Crippen LogP contribution in [0.3, 0.4) is 0 Å². The van der Waals surface area contributed by atoms with Crippen LogP contribution in [0.5, 0.6) is 0 Å². The maximum absolute atomic E-state index is 4.65. The lowest BCUT2D eigenvalue weighted by molar-refractivity contribution is 0.631. The van der Waals surface area contributed by atoms with Gasteiger partial charge in [0.25, 0.3) is 0 Å². The Labute approximate surface area is 157 Å². The second kappa shape index (κ2) is 9.67. The molecule has 26 heavy (non-hydrogen) atoms. The Morgan fingerprint density at radius 2 is 2.19 bits per heavy atom. The number of hydrogen-bond acceptors (Lipinski definition) is 5. The summed E-state index contributed by atoms with van der Waals surface area (Å²) in [6.07, 6.45) is 4.43. The molecule has 0 aliphatic rings. The summed E-state index contributed by atoms with van der Waals surface area (Å²) in [5.41, 5.74) is 0.941. The van der Waals surface area contributed by atoms with E-state index in [0.717, 1.165) is 43.5 Å². The van der Waals surface area contributed by atoms with Crippen LogP contribution in [-0.2, 0) is 26.1 Å². The van der Waals surface area contributed by atoms with Crippen molar-refractivity contribution in [3.05, 3.63) is 64.6 Å². The Morgan fingerprint density at radius 1 is 1.23 bits per heavy atom. The molecule has 3 aromatic heterocycles. The highest BCUT2D eigenvalue weighted by Gasteiger charge is 2.04. The molecule has 0 saturated carbocycles. The Hall–Kier alpha value is -2.74. The first-order valence-corrected chi connectivity index (χ1v) is 9.54. The first-order valence-electron chi connectivity index (χ1n) is 8.66. The summed E-state index contributed by atoms with van der Waals surface area (Å²) in [7, 11) is 0. The van der Waals surface area contributed by atoms with Crippen molar-refractivity contribution in [3.8, 4) is 0 Å². The largest absolute Gasteiger partial charge is 0.355 e. The Balaban J connectivity index is 1.58. The fourth-order valence-electron chi connectivity index (χ4n) is 2.44. The third kappa shape index (κ3) is 5.38. The lowest BCUT2D eigenvalue weighted by Crippen LogP contribution is -2.38.